The first-order chi connectivity index (χ1) is 12.0. The lowest BCUT2D eigenvalue weighted by atomic mass is 10.1. The molecule has 3 atom stereocenters. The van der Waals surface area contributed by atoms with Gasteiger partial charge in [0, 0.05) is 18.5 Å². The summed E-state index contributed by atoms with van der Waals surface area (Å²) in [4.78, 5) is 16.9. The lowest BCUT2D eigenvalue weighted by Gasteiger charge is -2.28. The predicted molar refractivity (Wildman–Crippen MR) is 94.6 cm³/mol. The average molecular weight is 347 g/mol. The van der Waals surface area contributed by atoms with Crippen LogP contribution in [-0.2, 0) is 17.7 Å². The van der Waals surface area contributed by atoms with Gasteiger partial charge in [-0.1, -0.05) is 0 Å². The molecule has 2 aromatic rings. The number of aliphatic hydroxyl groups excluding tert-OH is 1. The zero-order valence-corrected chi connectivity index (χ0v) is 14.8. The van der Waals surface area contributed by atoms with Crippen LogP contribution in [0.4, 0.5) is 10.6 Å². The lowest BCUT2D eigenvalue weighted by Crippen LogP contribution is -2.49. The first kappa shape index (κ1) is 17.6. The fourth-order valence-corrected chi connectivity index (χ4v) is 3.28. The minimum absolute atomic E-state index is 0.328. The van der Waals surface area contributed by atoms with Crippen LogP contribution >= 0.6 is 0 Å². The lowest BCUT2D eigenvalue weighted by molar-refractivity contribution is -0.0444. The van der Waals surface area contributed by atoms with E-state index in [4.69, 9.17) is 4.74 Å². The van der Waals surface area contributed by atoms with Gasteiger partial charge in [-0.05, 0) is 39.7 Å². The Hall–Kier alpha value is -2.19. The Balaban J connectivity index is 1.95. The molecule has 0 saturated heterocycles. The van der Waals surface area contributed by atoms with Crippen LogP contribution in [0.15, 0.2) is 12.3 Å². The second-order valence-corrected chi connectivity index (χ2v) is 6.42. The van der Waals surface area contributed by atoms with Crippen LogP contribution in [0.1, 0.15) is 32.9 Å². The summed E-state index contributed by atoms with van der Waals surface area (Å²) in [6.45, 7) is 6.75. The standard InChI is InChI=1S/C17H25N5O3/c1-4-22-15-12(9-18-22)8-14-20-13(15)6-5-7-25-16(11(3)23)10(2)19-17(24)21-14/h8-11,16,23H,4-7H2,1-3H3,(H2,19,20,21,24)/t10-,11+,16-/m1/s1. The fraction of sp³-hybridized carbons (Fsp3) is 0.588. The van der Waals surface area contributed by atoms with Gasteiger partial charge < -0.3 is 15.2 Å². The molecule has 0 aromatic carbocycles. The van der Waals surface area contributed by atoms with Crippen molar-refractivity contribution < 1.29 is 14.6 Å². The number of carbonyl (C=O) groups is 1. The van der Waals surface area contributed by atoms with Crippen molar-refractivity contribution >= 4 is 22.8 Å². The van der Waals surface area contributed by atoms with E-state index in [1.807, 2.05) is 24.6 Å². The summed E-state index contributed by atoms with van der Waals surface area (Å²) >= 11 is 0. The van der Waals surface area contributed by atoms with Crippen molar-refractivity contribution in [3.63, 3.8) is 0 Å². The second-order valence-electron chi connectivity index (χ2n) is 6.42. The Morgan fingerprint density at radius 2 is 2.32 bits per heavy atom. The highest BCUT2D eigenvalue weighted by atomic mass is 16.5. The molecule has 2 bridgehead atoms. The van der Waals surface area contributed by atoms with Gasteiger partial charge in [0.15, 0.2) is 0 Å². The van der Waals surface area contributed by atoms with Gasteiger partial charge in [-0.2, -0.15) is 5.10 Å². The molecule has 8 nitrogen and oxygen atoms in total. The summed E-state index contributed by atoms with van der Waals surface area (Å²) in [5.41, 5.74) is 1.88. The van der Waals surface area contributed by atoms with Crippen LogP contribution in [-0.4, -0.2) is 50.8 Å². The summed E-state index contributed by atoms with van der Waals surface area (Å²) in [5.74, 6) is 0.498. The molecule has 2 aromatic heterocycles. The SMILES string of the molecule is CCn1ncc2cc3nc(c21)CCCO[C@@H]([C@H](C)O)[C@@H](C)NC(=O)N3. The number of hydrogen-bond donors (Lipinski definition) is 3. The topological polar surface area (TPSA) is 101 Å². The summed E-state index contributed by atoms with van der Waals surface area (Å²) in [6, 6.07) is 1.13. The number of amides is 2. The number of anilines is 1. The molecule has 0 radical (unpaired) electrons. The molecule has 0 fully saturated rings. The Kier molecular flexibility index (Phi) is 5.19. The van der Waals surface area contributed by atoms with E-state index in [9.17, 15) is 9.90 Å². The Morgan fingerprint density at radius 1 is 1.52 bits per heavy atom. The maximum atomic E-state index is 12.3. The number of hydrogen-bond acceptors (Lipinski definition) is 5. The number of carbonyl (C=O) groups excluding carboxylic acids is 1. The van der Waals surface area contributed by atoms with Crippen molar-refractivity contribution in [2.24, 2.45) is 0 Å². The number of pyridine rings is 1. The highest BCUT2D eigenvalue weighted by molar-refractivity contribution is 5.92. The van der Waals surface area contributed by atoms with E-state index in [2.05, 4.69) is 20.7 Å². The van der Waals surface area contributed by atoms with Crippen molar-refractivity contribution in [3.8, 4) is 0 Å². The largest absolute Gasteiger partial charge is 0.391 e. The highest BCUT2D eigenvalue weighted by Gasteiger charge is 2.25. The van der Waals surface area contributed by atoms with Crippen LogP contribution in [0.2, 0.25) is 0 Å². The van der Waals surface area contributed by atoms with Gasteiger partial charge in [0.25, 0.3) is 0 Å². The summed E-state index contributed by atoms with van der Waals surface area (Å²) < 4.78 is 7.73. The van der Waals surface area contributed by atoms with E-state index in [1.165, 1.54) is 0 Å². The number of urea groups is 1. The van der Waals surface area contributed by atoms with E-state index in [-0.39, 0.29) is 12.1 Å². The minimum Gasteiger partial charge on any atom is -0.391 e. The number of nitrogens with one attached hydrogen (secondary N) is 2. The van der Waals surface area contributed by atoms with Gasteiger partial charge in [0.1, 0.15) is 11.9 Å². The van der Waals surface area contributed by atoms with Crippen molar-refractivity contribution in [1.29, 1.82) is 0 Å². The number of ether oxygens (including phenoxy) is 1. The third kappa shape index (κ3) is 3.74. The number of nitrogens with zero attached hydrogens (tertiary/aromatic N) is 3. The number of fused-ring (bicyclic) bond motifs is 4. The van der Waals surface area contributed by atoms with E-state index in [0.29, 0.717) is 18.8 Å². The number of aliphatic hydroxyl groups is 1. The van der Waals surface area contributed by atoms with E-state index >= 15 is 0 Å². The van der Waals surface area contributed by atoms with Crippen LogP contribution in [0.3, 0.4) is 0 Å². The van der Waals surface area contributed by atoms with Crippen LogP contribution < -0.4 is 10.6 Å². The molecule has 3 N–H and O–H groups in total. The van der Waals surface area contributed by atoms with Crippen molar-refractivity contribution in [2.75, 3.05) is 11.9 Å². The molecule has 0 aliphatic carbocycles. The molecule has 0 spiro atoms. The number of rotatable bonds is 2. The molecule has 2 amide bonds. The zero-order chi connectivity index (χ0) is 18.0. The normalized spacial score (nSPS) is 23.3. The molecular formula is C17H25N5O3. The van der Waals surface area contributed by atoms with Gasteiger partial charge in [0.2, 0.25) is 0 Å². The number of aromatic nitrogens is 3. The van der Waals surface area contributed by atoms with Gasteiger partial charge in [-0.25, -0.2) is 9.78 Å². The molecule has 3 heterocycles. The average Bonchev–Trinajstić information content (AvgIpc) is 2.96. The quantitative estimate of drug-likeness (QED) is 0.767. The van der Waals surface area contributed by atoms with Gasteiger partial charge in [-0.3, -0.25) is 10.00 Å². The third-order valence-electron chi connectivity index (χ3n) is 4.43. The highest BCUT2D eigenvalue weighted by Crippen LogP contribution is 2.23. The third-order valence-corrected chi connectivity index (χ3v) is 4.43. The molecule has 0 unspecified atom stereocenters. The summed E-state index contributed by atoms with van der Waals surface area (Å²) in [5, 5.41) is 20.8. The summed E-state index contributed by atoms with van der Waals surface area (Å²) in [7, 11) is 0. The fourth-order valence-electron chi connectivity index (χ4n) is 3.28. The van der Waals surface area contributed by atoms with Crippen molar-refractivity contribution in [2.45, 2.75) is 58.4 Å². The molecule has 1 aliphatic heterocycles. The van der Waals surface area contributed by atoms with Crippen LogP contribution in [0, 0.1) is 0 Å². The van der Waals surface area contributed by atoms with Gasteiger partial charge >= 0.3 is 6.03 Å². The molecule has 136 valence electrons. The predicted octanol–water partition coefficient (Wildman–Crippen LogP) is 1.67. The molecule has 3 rings (SSSR count). The van der Waals surface area contributed by atoms with Crippen molar-refractivity contribution in [3.05, 3.63) is 18.0 Å². The Labute approximate surface area is 146 Å². The van der Waals surface area contributed by atoms with E-state index in [0.717, 1.165) is 29.6 Å². The second kappa shape index (κ2) is 7.37. The first-order valence-corrected chi connectivity index (χ1v) is 8.72. The number of aryl methyl sites for hydroxylation is 2. The molecular weight excluding hydrogens is 322 g/mol. The van der Waals surface area contributed by atoms with Gasteiger partial charge in [-0.15, -0.1) is 0 Å². The smallest absolute Gasteiger partial charge is 0.320 e. The molecule has 0 saturated carbocycles. The van der Waals surface area contributed by atoms with Crippen LogP contribution in [0.25, 0.3) is 10.9 Å². The molecule has 8 heteroatoms. The van der Waals surface area contributed by atoms with E-state index < -0.39 is 12.2 Å². The molecule has 1 aliphatic rings. The van der Waals surface area contributed by atoms with E-state index in [1.54, 1.807) is 13.1 Å². The minimum atomic E-state index is -0.678. The van der Waals surface area contributed by atoms with Crippen LogP contribution in [0.5, 0.6) is 0 Å². The molecule has 25 heavy (non-hydrogen) atoms. The monoisotopic (exact) mass is 347 g/mol. The Morgan fingerprint density at radius 3 is 3.04 bits per heavy atom. The maximum Gasteiger partial charge on any atom is 0.320 e. The first-order valence-electron chi connectivity index (χ1n) is 8.72. The zero-order valence-electron chi connectivity index (χ0n) is 14.8. The Bertz CT molecular complexity index is 758. The summed E-state index contributed by atoms with van der Waals surface area (Å²) in [6.07, 6.45) is 2.13. The van der Waals surface area contributed by atoms with Gasteiger partial charge in [0.05, 0.1) is 29.6 Å². The maximum absolute atomic E-state index is 12.3. The van der Waals surface area contributed by atoms with Crippen molar-refractivity contribution in [1.82, 2.24) is 20.1 Å².